The van der Waals surface area contributed by atoms with Crippen molar-refractivity contribution in [1.29, 1.82) is 0 Å². The molecule has 0 saturated carbocycles. The lowest BCUT2D eigenvalue weighted by molar-refractivity contribution is 0.0897. The van der Waals surface area contributed by atoms with Crippen LogP contribution in [0.15, 0.2) is 60.9 Å². The minimum atomic E-state index is -1.37. The molecule has 0 spiro atoms. The number of aliphatic hydroxyl groups is 1. The predicted octanol–water partition coefficient (Wildman–Crippen LogP) is 2.66. The number of benzene rings is 1. The van der Waals surface area contributed by atoms with Crippen LogP contribution in [0.4, 0.5) is 4.39 Å². The van der Waals surface area contributed by atoms with Crippen LogP contribution in [-0.2, 0) is 5.60 Å². The molecule has 4 nitrogen and oxygen atoms in total. The van der Waals surface area contributed by atoms with E-state index in [0.717, 1.165) is 11.9 Å². The average molecular weight is 283 g/mol. The molecule has 0 aliphatic carbocycles. The van der Waals surface area contributed by atoms with E-state index in [-0.39, 0.29) is 0 Å². The monoisotopic (exact) mass is 283 g/mol. The molecule has 0 amide bonds. The van der Waals surface area contributed by atoms with E-state index in [1.54, 1.807) is 23.9 Å². The van der Waals surface area contributed by atoms with Crippen LogP contribution in [0.1, 0.15) is 18.3 Å². The molecule has 2 aromatic heterocycles. The van der Waals surface area contributed by atoms with Crippen molar-refractivity contribution in [2.45, 2.75) is 12.5 Å². The van der Waals surface area contributed by atoms with Crippen molar-refractivity contribution in [3.8, 4) is 5.69 Å². The van der Waals surface area contributed by atoms with Crippen LogP contribution < -0.4 is 0 Å². The van der Waals surface area contributed by atoms with Crippen LogP contribution >= 0.6 is 0 Å². The first-order valence-corrected chi connectivity index (χ1v) is 6.53. The number of para-hydroxylation sites is 1. The van der Waals surface area contributed by atoms with E-state index >= 15 is 0 Å². The van der Waals surface area contributed by atoms with Gasteiger partial charge in [0.25, 0.3) is 0 Å². The Morgan fingerprint density at radius 2 is 1.86 bits per heavy atom. The molecule has 21 heavy (non-hydrogen) atoms. The molecular weight excluding hydrogens is 269 g/mol. The lowest BCUT2D eigenvalue weighted by Crippen LogP contribution is -2.27. The quantitative estimate of drug-likeness (QED) is 0.804. The molecule has 1 atom stereocenters. The third kappa shape index (κ3) is 2.43. The predicted molar refractivity (Wildman–Crippen MR) is 76.4 cm³/mol. The molecular formula is C16H14FN3O. The van der Waals surface area contributed by atoms with Gasteiger partial charge in [-0.1, -0.05) is 18.2 Å². The van der Waals surface area contributed by atoms with E-state index in [0.29, 0.717) is 11.4 Å². The average Bonchev–Trinajstić information content (AvgIpc) is 2.99. The fraction of sp³-hybridized carbons (Fsp3) is 0.125. The smallest absolute Gasteiger partial charge is 0.145 e. The second-order valence-corrected chi connectivity index (χ2v) is 4.90. The highest BCUT2D eigenvalue weighted by atomic mass is 19.1. The summed E-state index contributed by atoms with van der Waals surface area (Å²) >= 11 is 0. The maximum atomic E-state index is 13.0. The van der Waals surface area contributed by atoms with Crippen LogP contribution in [0.2, 0.25) is 0 Å². The SMILES string of the molecule is CC(O)(c1ccc(F)cn1)c1ccnn1-c1ccccc1. The molecule has 1 N–H and O–H groups in total. The van der Waals surface area contributed by atoms with Crippen molar-refractivity contribution in [1.82, 2.24) is 14.8 Å². The summed E-state index contributed by atoms with van der Waals surface area (Å²) in [6.07, 6.45) is 2.70. The molecule has 0 bridgehead atoms. The number of nitrogens with zero attached hydrogens (tertiary/aromatic N) is 3. The summed E-state index contributed by atoms with van der Waals surface area (Å²) < 4.78 is 14.6. The van der Waals surface area contributed by atoms with Gasteiger partial charge in [0.05, 0.1) is 23.3 Å². The maximum absolute atomic E-state index is 13.0. The lowest BCUT2D eigenvalue weighted by atomic mass is 9.97. The largest absolute Gasteiger partial charge is 0.377 e. The van der Waals surface area contributed by atoms with E-state index in [4.69, 9.17) is 0 Å². The van der Waals surface area contributed by atoms with Crippen LogP contribution in [0, 0.1) is 5.82 Å². The van der Waals surface area contributed by atoms with Gasteiger partial charge in [0.2, 0.25) is 0 Å². The fourth-order valence-corrected chi connectivity index (χ4v) is 2.24. The standard InChI is InChI=1S/C16H14FN3O/c1-16(21,14-8-7-12(17)11-18-14)15-9-10-19-20(15)13-5-3-2-4-6-13/h2-11,21H,1H3. The van der Waals surface area contributed by atoms with Gasteiger partial charge in [-0.15, -0.1) is 0 Å². The first-order chi connectivity index (χ1) is 10.1. The van der Waals surface area contributed by atoms with Gasteiger partial charge in [-0.2, -0.15) is 5.10 Å². The first-order valence-electron chi connectivity index (χ1n) is 6.53. The number of hydrogen-bond donors (Lipinski definition) is 1. The minimum absolute atomic E-state index is 0.363. The Hall–Kier alpha value is -2.53. The van der Waals surface area contributed by atoms with Crippen molar-refractivity contribution < 1.29 is 9.50 Å². The Balaban J connectivity index is 2.08. The van der Waals surface area contributed by atoms with Crippen molar-refractivity contribution in [3.63, 3.8) is 0 Å². The zero-order valence-electron chi connectivity index (χ0n) is 11.4. The van der Waals surface area contributed by atoms with Crippen molar-refractivity contribution >= 4 is 0 Å². The second-order valence-electron chi connectivity index (χ2n) is 4.90. The molecule has 0 aliphatic rings. The highest BCUT2D eigenvalue weighted by Gasteiger charge is 2.31. The first kappa shape index (κ1) is 13.5. The number of halogens is 1. The van der Waals surface area contributed by atoms with Gasteiger partial charge in [0.15, 0.2) is 0 Å². The van der Waals surface area contributed by atoms with E-state index < -0.39 is 11.4 Å². The van der Waals surface area contributed by atoms with Crippen molar-refractivity contribution in [2.75, 3.05) is 0 Å². The zero-order chi connectivity index (χ0) is 14.9. The Kier molecular flexibility index (Phi) is 3.27. The summed E-state index contributed by atoms with van der Waals surface area (Å²) in [5, 5.41) is 15.1. The Bertz CT molecular complexity index is 736. The van der Waals surface area contributed by atoms with Crippen LogP contribution in [0.25, 0.3) is 5.69 Å². The Morgan fingerprint density at radius 1 is 1.10 bits per heavy atom. The lowest BCUT2D eigenvalue weighted by Gasteiger charge is -2.23. The van der Waals surface area contributed by atoms with Gasteiger partial charge in [-0.25, -0.2) is 9.07 Å². The van der Waals surface area contributed by atoms with Gasteiger partial charge >= 0.3 is 0 Å². The van der Waals surface area contributed by atoms with Gasteiger partial charge in [-0.3, -0.25) is 4.98 Å². The molecule has 3 aromatic rings. The number of hydrogen-bond acceptors (Lipinski definition) is 3. The van der Waals surface area contributed by atoms with E-state index in [9.17, 15) is 9.50 Å². The van der Waals surface area contributed by atoms with E-state index in [2.05, 4.69) is 10.1 Å². The molecule has 0 saturated heterocycles. The van der Waals surface area contributed by atoms with Crippen LogP contribution in [-0.4, -0.2) is 19.9 Å². The Labute approximate surface area is 121 Å². The van der Waals surface area contributed by atoms with Crippen molar-refractivity contribution in [2.24, 2.45) is 0 Å². The molecule has 0 radical (unpaired) electrons. The van der Waals surface area contributed by atoms with Crippen LogP contribution in [0.5, 0.6) is 0 Å². The molecule has 0 aliphatic heterocycles. The van der Waals surface area contributed by atoms with Gasteiger partial charge in [0, 0.05) is 6.20 Å². The van der Waals surface area contributed by atoms with Crippen molar-refractivity contribution in [3.05, 3.63) is 78.1 Å². The number of rotatable bonds is 3. The molecule has 2 heterocycles. The fourth-order valence-electron chi connectivity index (χ4n) is 2.24. The highest BCUT2D eigenvalue weighted by Crippen LogP contribution is 2.29. The van der Waals surface area contributed by atoms with E-state index in [1.807, 2.05) is 30.3 Å². The van der Waals surface area contributed by atoms with E-state index in [1.165, 1.54) is 12.1 Å². The second kappa shape index (κ2) is 5.10. The Morgan fingerprint density at radius 3 is 2.52 bits per heavy atom. The number of aromatic nitrogens is 3. The molecule has 0 fully saturated rings. The van der Waals surface area contributed by atoms with Crippen LogP contribution in [0.3, 0.4) is 0 Å². The summed E-state index contributed by atoms with van der Waals surface area (Å²) in [5.41, 5.74) is 0.384. The normalized spacial score (nSPS) is 13.9. The summed E-state index contributed by atoms with van der Waals surface area (Å²) in [6.45, 7) is 1.61. The summed E-state index contributed by atoms with van der Waals surface area (Å²) in [5.74, 6) is -0.439. The summed E-state index contributed by atoms with van der Waals surface area (Å²) in [4.78, 5) is 3.97. The minimum Gasteiger partial charge on any atom is -0.377 e. The number of pyridine rings is 1. The molecule has 5 heteroatoms. The molecule has 3 rings (SSSR count). The molecule has 1 unspecified atom stereocenters. The highest BCUT2D eigenvalue weighted by molar-refractivity contribution is 5.36. The molecule has 106 valence electrons. The maximum Gasteiger partial charge on any atom is 0.145 e. The van der Waals surface area contributed by atoms with Gasteiger partial charge in [0.1, 0.15) is 11.4 Å². The third-order valence-corrected chi connectivity index (χ3v) is 3.37. The van der Waals surface area contributed by atoms with Gasteiger partial charge in [-0.05, 0) is 37.3 Å². The molecule has 1 aromatic carbocycles. The third-order valence-electron chi connectivity index (χ3n) is 3.37. The van der Waals surface area contributed by atoms with Gasteiger partial charge < -0.3 is 5.11 Å². The summed E-state index contributed by atoms with van der Waals surface area (Å²) in [6, 6.07) is 14.0. The topological polar surface area (TPSA) is 50.9 Å². The summed E-state index contributed by atoms with van der Waals surface area (Å²) in [7, 11) is 0. The zero-order valence-corrected chi connectivity index (χ0v) is 11.4.